The SMILES string of the molecule is Cc1ccccc1COc1ccc2c(c1)[C@@H](O)CN(C)C2. The molecule has 1 aliphatic heterocycles. The van der Waals surface area contributed by atoms with E-state index in [0.717, 1.165) is 17.9 Å². The summed E-state index contributed by atoms with van der Waals surface area (Å²) in [7, 11) is 2.02. The molecule has 3 nitrogen and oxygen atoms in total. The van der Waals surface area contributed by atoms with Crippen molar-refractivity contribution < 1.29 is 9.84 Å². The number of fused-ring (bicyclic) bond motifs is 1. The molecule has 0 saturated carbocycles. The van der Waals surface area contributed by atoms with E-state index in [4.69, 9.17) is 4.74 Å². The number of ether oxygens (including phenoxy) is 1. The normalized spacial score (nSPS) is 18.3. The van der Waals surface area contributed by atoms with Crippen molar-refractivity contribution in [2.75, 3.05) is 13.6 Å². The molecule has 0 bridgehead atoms. The highest BCUT2D eigenvalue weighted by Crippen LogP contribution is 2.29. The molecule has 1 aliphatic rings. The van der Waals surface area contributed by atoms with Crippen LogP contribution in [0.4, 0.5) is 0 Å². The number of β-amino-alcohol motifs (C(OH)–C–C–N with tert-alkyl or cyclic N) is 1. The number of hydrogen-bond donors (Lipinski definition) is 1. The van der Waals surface area contributed by atoms with Gasteiger partial charge in [-0.25, -0.2) is 0 Å². The molecule has 0 radical (unpaired) electrons. The second-order valence-corrected chi connectivity index (χ2v) is 5.79. The summed E-state index contributed by atoms with van der Waals surface area (Å²) < 4.78 is 5.89. The van der Waals surface area contributed by atoms with E-state index in [1.165, 1.54) is 16.7 Å². The van der Waals surface area contributed by atoms with Crippen molar-refractivity contribution >= 4 is 0 Å². The number of benzene rings is 2. The summed E-state index contributed by atoms with van der Waals surface area (Å²) in [6.45, 7) is 4.20. The minimum Gasteiger partial charge on any atom is -0.489 e. The van der Waals surface area contributed by atoms with E-state index in [0.29, 0.717) is 13.2 Å². The Kier molecular flexibility index (Phi) is 3.95. The molecule has 3 heteroatoms. The molecular formula is C18H21NO2. The Bertz CT molecular complexity index is 639. The van der Waals surface area contributed by atoms with E-state index < -0.39 is 6.10 Å². The fourth-order valence-electron chi connectivity index (χ4n) is 2.80. The molecule has 0 unspecified atom stereocenters. The number of aliphatic hydroxyl groups excluding tert-OH is 1. The Morgan fingerprint density at radius 1 is 1.24 bits per heavy atom. The number of rotatable bonds is 3. The predicted octanol–water partition coefficient (Wildman–Crippen LogP) is 3.05. The van der Waals surface area contributed by atoms with Crippen LogP contribution in [0.15, 0.2) is 42.5 Å². The van der Waals surface area contributed by atoms with Crippen LogP contribution < -0.4 is 4.74 Å². The van der Waals surface area contributed by atoms with Gasteiger partial charge in [0, 0.05) is 13.1 Å². The summed E-state index contributed by atoms with van der Waals surface area (Å²) in [6, 6.07) is 14.3. The van der Waals surface area contributed by atoms with Crippen molar-refractivity contribution in [1.29, 1.82) is 0 Å². The first-order valence-corrected chi connectivity index (χ1v) is 7.30. The molecule has 0 fully saturated rings. The number of likely N-dealkylation sites (N-methyl/N-ethyl adjacent to an activating group) is 1. The van der Waals surface area contributed by atoms with Gasteiger partial charge in [-0.2, -0.15) is 0 Å². The van der Waals surface area contributed by atoms with Gasteiger partial charge in [0.05, 0.1) is 6.10 Å². The van der Waals surface area contributed by atoms with E-state index in [1.807, 2.05) is 31.3 Å². The highest BCUT2D eigenvalue weighted by Gasteiger charge is 2.21. The van der Waals surface area contributed by atoms with Crippen LogP contribution in [0, 0.1) is 6.92 Å². The van der Waals surface area contributed by atoms with Crippen LogP contribution in [-0.2, 0) is 13.2 Å². The smallest absolute Gasteiger partial charge is 0.120 e. The van der Waals surface area contributed by atoms with Gasteiger partial charge >= 0.3 is 0 Å². The maximum atomic E-state index is 10.2. The van der Waals surface area contributed by atoms with E-state index in [9.17, 15) is 5.11 Å². The minimum absolute atomic E-state index is 0.430. The van der Waals surface area contributed by atoms with E-state index in [-0.39, 0.29) is 0 Å². The Labute approximate surface area is 125 Å². The Hall–Kier alpha value is -1.84. The average molecular weight is 283 g/mol. The van der Waals surface area contributed by atoms with Gasteiger partial charge in [-0.05, 0) is 48.4 Å². The molecule has 2 aromatic rings. The maximum absolute atomic E-state index is 10.2. The van der Waals surface area contributed by atoms with Crippen LogP contribution in [0.3, 0.4) is 0 Å². The van der Waals surface area contributed by atoms with Crippen molar-refractivity contribution in [1.82, 2.24) is 4.90 Å². The minimum atomic E-state index is -0.430. The molecule has 0 amide bonds. The molecule has 21 heavy (non-hydrogen) atoms. The van der Waals surface area contributed by atoms with Gasteiger partial charge in [0.25, 0.3) is 0 Å². The topological polar surface area (TPSA) is 32.7 Å². The van der Waals surface area contributed by atoms with Gasteiger partial charge in [0.15, 0.2) is 0 Å². The molecule has 0 saturated heterocycles. The van der Waals surface area contributed by atoms with Crippen LogP contribution in [0.1, 0.15) is 28.4 Å². The summed E-state index contributed by atoms with van der Waals surface area (Å²) in [4.78, 5) is 2.13. The molecule has 1 N–H and O–H groups in total. The average Bonchev–Trinajstić information content (AvgIpc) is 2.46. The van der Waals surface area contributed by atoms with E-state index in [1.54, 1.807) is 0 Å². The summed E-state index contributed by atoms with van der Waals surface area (Å²) in [6.07, 6.45) is -0.430. The molecule has 0 aliphatic carbocycles. The van der Waals surface area contributed by atoms with Crippen molar-refractivity contribution in [3.63, 3.8) is 0 Å². The number of hydrogen-bond acceptors (Lipinski definition) is 3. The number of aryl methyl sites for hydroxylation is 1. The molecule has 0 aromatic heterocycles. The first kappa shape index (κ1) is 14.1. The fraction of sp³-hybridized carbons (Fsp3) is 0.333. The summed E-state index contributed by atoms with van der Waals surface area (Å²) in [5.74, 6) is 0.820. The lowest BCUT2D eigenvalue weighted by molar-refractivity contribution is 0.107. The Balaban J connectivity index is 1.76. The molecule has 1 heterocycles. The highest BCUT2D eigenvalue weighted by atomic mass is 16.5. The van der Waals surface area contributed by atoms with Gasteiger partial charge in [-0.3, -0.25) is 4.90 Å². The summed E-state index contributed by atoms with van der Waals surface area (Å²) >= 11 is 0. The lowest BCUT2D eigenvalue weighted by Gasteiger charge is -2.29. The number of aliphatic hydroxyl groups is 1. The van der Waals surface area contributed by atoms with Crippen molar-refractivity contribution in [2.45, 2.75) is 26.2 Å². The predicted molar refractivity (Wildman–Crippen MR) is 83.2 cm³/mol. The van der Waals surface area contributed by atoms with Gasteiger partial charge in [-0.1, -0.05) is 30.3 Å². The zero-order valence-electron chi connectivity index (χ0n) is 12.5. The molecule has 2 aromatic carbocycles. The number of nitrogens with zero attached hydrogens (tertiary/aromatic N) is 1. The lowest BCUT2D eigenvalue weighted by Crippen LogP contribution is -2.30. The monoisotopic (exact) mass is 283 g/mol. The zero-order valence-corrected chi connectivity index (χ0v) is 12.5. The van der Waals surface area contributed by atoms with E-state index >= 15 is 0 Å². The zero-order chi connectivity index (χ0) is 14.8. The first-order valence-electron chi connectivity index (χ1n) is 7.30. The van der Waals surface area contributed by atoms with Crippen LogP contribution >= 0.6 is 0 Å². The Morgan fingerprint density at radius 3 is 2.86 bits per heavy atom. The van der Waals surface area contributed by atoms with E-state index in [2.05, 4.69) is 30.0 Å². The van der Waals surface area contributed by atoms with Crippen LogP contribution in [0.5, 0.6) is 5.75 Å². The van der Waals surface area contributed by atoms with Crippen molar-refractivity contribution in [3.05, 3.63) is 64.7 Å². The van der Waals surface area contributed by atoms with Gasteiger partial charge in [0.1, 0.15) is 12.4 Å². The fourth-order valence-corrected chi connectivity index (χ4v) is 2.80. The maximum Gasteiger partial charge on any atom is 0.120 e. The largest absolute Gasteiger partial charge is 0.489 e. The van der Waals surface area contributed by atoms with Crippen molar-refractivity contribution in [3.8, 4) is 5.75 Å². The third-order valence-corrected chi connectivity index (χ3v) is 4.06. The summed E-state index contributed by atoms with van der Waals surface area (Å²) in [5, 5.41) is 10.2. The molecule has 3 rings (SSSR count). The first-order chi connectivity index (χ1) is 10.1. The van der Waals surface area contributed by atoms with Crippen LogP contribution in [0.2, 0.25) is 0 Å². The molecular weight excluding hydrogens is 262 g/mol. The highest BCUT2D eigenvalue weighted by molar-refractivity contribution is 5.39. The molecule has 110 valence electrons. The molecule has 1 atom stereocenters. The third-order valence-electron chi connectivity index (χ3n) is 4.06. The third kappa shape index (κ3) is 3.09. The van der Waals surface area contributed by atoms with Crippen LogP contribution in [0.25, 0.3) is 0 Å². The molecule has 0 spiro atoms. The second-order valence-electron chi connectivity index (χ2n) is 5.79. The second kappa shape index (κ2) is 5.88. The van der Waals surface area contributed by atoms with Crippen LogP contribution in [-0.4, -0.2) is 23.6 Å². The summed E-state index contributed by atoms with van der Waals surface area (Å²) in [5.41, 5.74) is 4.60. The standard InChI is InChI=1S/C18H21NO2/c1-13-5-3-4-6-15(13)12-21-16-8-7-14-10-19(2)11-18(20)17(14)9-16/h3-9,18,20H,10-12H2,1-2H3/t18-/m0/s1. The quantitative estimate of drug-likeness (QED) is 0.939. The van der Waals surface area contributed by atoms with Gasteiger partial charge in [0.2, 0.25) is 0 Å². The van der Waals surface area contributed by atoms with Crippen molar-refractivity contribution in [2.24, 2.45) is 0 Å². The Morgan fingerprint density at radius 2 is 2.05 bits per heavy atom. The van der Waals surface area contributed by atoms with Gasteiger partial charge in [-0.15, -0.1) is 0 Å². The lowest BCUT2D eigenvalue weighted by atomic mass is 9.97. The van der Waals surface area contributed by atoms with Gasteiger partial charge < -0.3 is 9.84 Å².